The highest BCUT2D eigenvalue weighted by Gasteiger charge is 2.31. The van der Waals surface area contributed by atoms with Crippen LogP contribution in [0.1, 0.15) is 33.6 Å². The van der Waals surface area contributed by atoms with Crippen molar-refractivity contribution in [2.75, 3.05) is 45.6 Å². The minimum absolute atomic E-state index is 0.192. The zero-order valence-corrected chi connectivity index (χ0v) is 14.1. The molecule has 1 atom stereocenters. The third kappa shape index (κ3) is 6.52. The van der Waals surface area contributed by atoms with Crippen LogP contribution in [0, 0.1) is 11.3 Å². The Morgan fingerprint density at radius 3 is 2.65 bits per heavy atom. The SMILES string of the molecule is COCCNCC1CCCN(S(=O)(=O)CC(C)(C)C)C1. The van der Waals surface area contributed by atoms with Crippen LogP contribution in [0.3, 0.4) is 0 Å². The summed E-state index contributed by atoms with van der Waals surface area (Å²) in [6.45, 7) is 9.62. The average Bonchev–Trinajstić information content (AvgIpc) is 2.32. The number of hydrogen-bond donors (Lipinski definition) is 1. The van der Waals surface area contributed by atoms with Crippen molar-refractivity contribution in [3.05, 3.63) is 0 Å². The molecule has 0 aliphatic carbocycles. The normalized spacial score (nSPS) is 22.1. The molecule has 1 rings (SSSR count). The van der Waals surface area contributed by atoms with Gasteiger partial charge < -0.3 is 10.1 Å². The van der Waals surface area contributed by atoms with Gasteiger partial charge in [-0.3, -0.25) is 0 Å². The average molecular weight is 306 g/mol. The van der Waals surface area contributed by atoms with E-state index in [1.54, 1.807) is 11.4 Å². The summed E-state index contributed by atoms with van der Waals surface area (Å²) in [4.78, 5) is 0. The van der Waals surface area contributed by atoms with Crippen molar-refractivity contribution < 1.29 is 13.2 Å². The van der Waals surface area contributed by atoms with E-state index in [4.69, 9.17) is 4.74 Å². The van der Waals surface area contributed by atoms with Gasteiger partial charge in [0.1, 0.15) is 0 Å². The van der Waals surface area contributed by atoms with Crippen molar-refractivity contribution in [1.82, 2.24) is 9.62 Å². The zero-order chi connectivity index (χ0) is 15.2. The van der Waals surface area contributed by atoms with Gasteiger partial charge in [0, 0.05) is 26.7 Å². The molecule has 0 aromatic rings. The maximum Gasteiger partial charge on any atom is 0.214 e. The molecule has 1 N–H and O–H groups in total. The molecule has 0 amide bonds. The van der Waals surface area contributed by atoms with Gasteiger partial charge in [-0.2, -0.15) is 0 Å². The number of methoxy groups -OCH3 is 1. The molecular formula is C14H30N2O3S. The Balaban J connectivity index is 2.47. The Labute approximate surface area is 124 Å². The first-order chi connectivity index (χ1) is 9.24. The Morgan fingerprint density at radius 2 is 2.05 bits per heavy atom. The fraction of sp³-hybridized carbons (Fsp3) is 1.00. The predicted octanol–water partition coefficient (Wildman–Crippen LogP) is 1.31. The molecule has 20 heavy (non-hydrogen) atoms. The number of piperidine rings is 1. The maximum absolute atomic E-state index is 12.4. The molecule has 0 aromatic heterocycles. The summed E-state index contributed by atoms with van der Waals surface area (Å²) >= 11 is 0. The first kappa shape index (κ1) is 17.9. The highest BCUT2D eigenvalue weighted by Crippen LogP contribution is 2.23. The van der Waals surface area contributed by atoms with Crippen LogP contribution in [-0.2, 0) is 14.8 Å². The molecule has 0 bridgehead atoms. The Kier molecular flexibility index (Phi) is 6.91. The second kappa shape index (κ2) is 7.73. The monoisotopic (exact) mass is 306 g/mol. The fourth-order valence-corrected chi connectivity index (χ4v) is 4.69. The lowest BCUT2D eigenvalue weighted by Gasteiger charge is -2.33. The quantitative estimate of drug-likeness (QED) is 0.721. The number of sulfonamides is 1. The Morgan fingerprint density at radius 1 is 1.35 bits per heavy atom. The van der Waals surface area contributed by atoms with Gasteiger partial charge in [0.2, 0.25) is 10.0 Å². The van der Waals surface area contributed by atoms with Crippen LogP contribution in [0.25, 0.3) is 0 Å². The molecule has 5 nitrogen and oxygen atoms in total. The number of hydrogen-bond acceptors (Lipinski definition) is 4. The van der Waals surface area contributed by atoms with Crippen LogP contribution in [-0.4, -0.2) is 58.4 Å². The minimum atomic E-state index is -3.13. The topological polar surface area (TPSA) is 58.6 Å². The van der Waals surface area contributed by atoms with E-state index >= 15 is 0 Å². The van der Waals surface area contributed by atoms with Crippen LogP contribution in [0.5, 0.6) is 0 Å². The van der Waals surface area contributed by atoms with E-state index in [1.807, 2.05) is 20.8 Å². The third-order valence-corrected chi connectivity index (χ3v) is 5.76. The van der Waals surface area contributed by atoms with Crippen molar-refractivity contribution in [2.24, 2.45) is 11.3 Å². The van der Waals surface area contributed by atoms with Gasteiger partial charge >= 0.3 is 0 Å². The fourth-order valence-electron chi connectivity index (χ4n) is 2.57. The van der Waals surface area contributed by atoms with Gasteiger partial charge in [0.05, 0.1) is 12.4 Å². The van der Waals surface area contributed by atoms with Crippen molar-refractivity contribution >= 4 is 10.0 Å². The molecular weight excluding hydrogens is 276 g/mol. The van der Waals surface area contributed by atoms with Gasteiger partial charge in [-0.05, 0) is 30.7 Å². The molecule has 1 saturated heterocycles. The lowest BCUT2D eigenvalue weighted by molar-refractivity contribution is 0.193. The predicted molar refractivity (Wildman–Crippen MR) is 82.3 cm³/mol. The van der Waals surface area contributed by atoms with Gasteiger partial charge in [0.15, 0.2) is 0 Å². The van der Waals surface area contributed by atoms with Crippen molar-refractivity contribution in [1.29, 1.82) is 0 Å². The molecule has 0 radical (unpaired) electrons. The Bertz CT molecular complexity index is 376. The van der Waals surface area contributed by atoms with E-state index in [1.165, 1.54) is 0 Å². The summed E-state index contributed by atoms with van der Waals surface area (Å²) < 4.78 is 31.5. The van der Waals surface area contributed by atoms with Crippen molar-refractivity contribution in [2.45, 2.75) is 33.6 Å². The van der Waals surface area contributed by atoms with Crippen LogP contribution in [0.2, 0.25) is 0 Å². The van der Waals surface area contributed by atoms with E-state index in [0.717, 1.165) is 25.9 Å². The molecule has 0 aromatic carbocycles. The molecule has 1 heterocycles. The second-order valence-corrected chi connectivity index (χ2v) is 8.85. The third-order valence-electron chi connectivity index (χ3n) is 3.41. The van der Waals surface area contributed by atoms with Crippen LogP contribution in [0.15, 0.2) is 0 Å². The van der Waals surface area contributed by atoms with E-state index < -0.39 is 10.0 Å². The van der Waals surface area contributed by atoms with Crippen LogP contribution in [0.4, 0.5) is 0 Å². The van der Waals surface area contributed by atoms with Gasteiger partial charge in [-0.25, -0.2) is 12.7 Å². The molecule has 1 unspecified atom stereocenters. The van der Waals surface area contributed by atoms with E-state index in [0.29, 0.717) is 25.6 Å². The van der Waals surface area contributed by atoms with Gasteiger partial charge in [-0.15, -0.1) is 0 Å². The van der Waals surface area contributed by atoms with Gasteiger partial charge in [0.25, 0.3) is 0 Å². The molecule has 1 aliphatic heterocycles. The number of nitrogens with one attached hydrogen (secondary N) is 1. The summed E-state index contributed by atoms with van der Waals surface area (Å²) in [5.41, 5.74) is -0.192. The molecule has 1 aliphatic rings. The van der Waals surface area contributed by atoms with Crippen LogP contribution < -0.4 is 5.32 Å². The molecule has 0 spiro atoms. The summed E-state index contributed by atoms with van der Waals surface area (Å²) in [5, 5.41) is 3.33. The number of rotatable bonds is 7. The lowest BCUT2D eigenvalue weighted by Crippen LogP contribution is -2.45. The Hall–Kier alpha value is -0.170. The first-order valence-electron chi connectivity index (χ1n) is 7.42. The number of ether oxygens (including phenoxy) is 1. The minimum Gasteiger partial charge on any atom is -0.383 e. The lowest BCUT2D eigenvalue weighted by atomic mass is 10.00. The molecule has 120 valence electrons. The van der Waals surface area contributed by atoms with E-state index in [-0.39, 0.29) is 11.2 Å². The molecule has 6 heteroatoms. The van der Waals surface area contributed by atoms with Crippen molar-refractivity contribution in [3.8, 4) is 0 Å². The van der Waals surface area contributed by atoms with E-state index in [2.05, 4.69) is 5.32 Å². The summed E-state index contributed by atoms with van der Waals surface area (Å²) in [5.74, 6) is 0.638. The number of nitrogens with zero attached hydrogens (tertiary/aromatic N) is 1. The standard InChI is InChI=1S/C14H30N2O3S/c1-14(2,3)12-20(17,18)16-8-5-6-13(11-16)10-15-7-9-19-4/h13,15H,5-12H2,1-4H3. The smallest absolute Gasteiger partial charge is 0.214 e. The van der Waals surface area contributed by atoms with E-state index in [9.17, 15) is 8.42 Å². The highest BCUT2D eigenvalue weighted by molar-refractivity contribution is 7.89. The largest absolute Gasteiger partial charge is 0.383 e. The summed E-state index contributed by atoms with van der Waals surface area (Å²) in [6.07, 6.45) is 2.06. The highest BCUT2D eigenvalue weighted by atomic mass is 32.2. The zero-order valence-electron chi connectivity index (χ0n) is 13.3. The second-order valence-electron chi connectivity index (χ2n) is 6.88. The molecule has 0 saturated carbocycles. The molecule has 1 fully saturated rings. The summed E-state index contributed by atoms with van der Waals surface area (Å²) in [7, 11) is -1.44. The first-order valence-corrected chi connectivity index (χ1v) is 9.03. The van der Waals surface area contributed by atoms with Crippen molar-refractivity contribution in [3.63, 3.8) is 0 Å². The summed E-state index contributed by atoms with van der Waals surface area (Å²) in [6, 6.07) is 0. The van der Waals surface area contributed by atoms with Gasteiger partial charge in [-0.1, -0.05) is 20.8 Å². The maximum atomic E-state index is 12.4. The van der Waals surface area contributed by atoms with Crippen LogP contribution >= 0.6 is 0 Å².